The summed E-state index contributed by atoms with van der Waals surface area (Å²) in [5.41, 5.74) is 24.3. The molecule has 298 valence electrons. The standard InChI is InChI=1S/C61H49N/c1-59(2)52-22-14-12-20-45(52)47-31-30-44(33-54(47)59)62(43-28-26-40(27-29-43)38-16-8-7-9-17-38)58-37-51-50-36-56-49(46-21-13-15-23-53(46)60(56,3)4)35-57(50)61(5,6)55(51)34-48(58)42-25-24-39-18-10-11-19-41(39)32-42/h7-37H,1-6H3. The Hall–Kier alpha value is -6.96. The molecule has 0 atom stereocenters. The van der Waals surface area contributed by atoms with Gasteiger partial charge in [0.25, 0.3) is 0 Å². The van der Waals surface area contributed by atoms with Gasteiger partial charge in [0.2, 0.25) is 0 Å². The number of rotatable bonds is 5. The SMILES string of the molecule is CC1(C)c2ccccc2-c2ccc(N(c3ccc(-c4ccccc4)cc3)c3cc4c(cc3-c3ccc5ccccc5c3)C(C)(C)c3cc5c(cc3-4)C(C)(C)c3ccccc3-5)cc21. The van der Waals surface area contributed by atoms with Gasteiger partial charge in [-0.25, -0.2) is 0 Å². The molecule has 0 fully saturated rings. The number of benzene rings is 9. The minimum atomic E-state index is -0.211. The van der Waals surface area contributed by atoms with Gasteiger partial charge in [0.15, 0.2) is 0 Å². The molecule has 0 saturated carbocycles. The minimum Gasteiger partial charge on any atom is -0.310 e. The largest absolute Gasteiger partial charge is 0.310 e. The predicted molar refractivity (Wildman–Crippen MR) is 262 cm³/mol. The van der Waals surface area contributed by atoms with E-state index >= 15 is 0 Å². The van der Waals surface area contributed by atoms with Gasteiger partial charge in [0.1, 0.15) is 0 Å². The normalized spacial score (nSPS) is 15.3. The van der Waals surface area contributed by atoms with Gasteiger partial charge in [-0.1, -0.05) is 175 Å². The van der Waals surface area contributed by atoms with Gasteiger partial charge in [0, 0.05) is 33.2 Å². The second-order valence-electron chi connectivity index (χ2n) is 19.4. The van der Waals surface area contributed by atoms with Crippen molar-refractivity contribution in [3.63, 3.8) is 0 Å². The lowest BCUT2D eigenvalue weighted by Gasteiger charge is -2.31. The summed E-state index contributed by atoms with van der Waals surface area (Å²) in [4.78, 5) is 2.54. The van der Waals surface area contributed by atoms with Gasteiger partial charge < -0.3 is 4.90 Å². The van der Waals surface area contributed by atoms with E-state index in [4.69, 9.17) is 0 Å². The predicted octanol–water partition coefficient (Wildman–Crippen LogP) is 16.6. The van der Waals surface area contributed by atoms with Gasteiger partial charge in [-0.3, -0.25) is 0 Å². The van der Waals surface area contributed by atoms with Crippen molar-refractivity contribution in [2.45, 2.75) is 57.8 Å². The number of nitrogens with zero attached hydrogens (tertiary/aromatic N) is 1. The zero-order valence-corrected chi connectivity index (χ0v) is 36.3. The first kappa shape index (κ1) is 36.9. The van der Waals surface area contributed by atoms with Crippen LogP contribution < -0.4 is 4.90 Å². The molecule has 9 aromatic rings. The monoisotopic (exact) mass is 795 g/mol. The molecule has 0 N–H and O–H groups in total. The fourth-order valence-corrected chi connectivity index (χ4v) is 11.4. The molecule has 62 heavy (non-hydrogen) atoms. The summed E-state index contributed by atoms with van der Waals surface area (Å²) >= 11 is 0. The molecule has 0 radical (unpaired) electrons. The molecule has 0 aliphatic heterocycles. The molecule has 0 unspecified atom stereocenters. The second-order valence-corrected chi connectivity index (χ2v) is 19.4. The van der Waals surface area contributed by atoms with Gasteiger partial charge in [-0.2, -0.15) is 0 Å². The van der Waals surface area contributed by atoms with Crippen molar-refractivity contribution in [3.05, 3.63) is 221 Å². The van der Waals surface area contributed by atoms with E-state index in [2.05, 4.69) is 234 Å². The Labute approximate surface area is 366 Å². The molecule has 0 aromatic heterocycles. The quantitative estimate of drug-likeness (QED) is 0.168. The first-order chi connectivity index (χ1) is 30.0. The third-order valence-electron chi connectivity index (χ3n) is 14.9. The number of anilines is 3. The molecule has 0 bridgehead atoms. The van der Waals surface area contributed by atoms with E-state index < -0.39 is 0 Å². The number of hydrogen-bond donors (Lipinski definition) is 0. The van der Waals surface area contributed by atoms with Crippen molar-refractivity contribution >= 4 is 27.8 Å². The van der Waals surface area contributed by atoms with Crippen LogP contribution in [0.5, 0.6) is 0 Å². The number of hydrogen-bond acceptors (Lipinski definition) is 1. The summed E-state index contributed by atoms with van der Waals surface area (Å²) in [6.07, 6.45) is 0. The molecule has 0 heterocycles. The van der Waals surface area contributed by atoms with Crippen LogP contribution in [0.25, 0.3) is 66.4 Å². The molecule has 0 saturated heterocycles. The topological polar surface area (TPSA) is 3.24 Å². The van der Waals surface area contributed by atoms with E-state index in [-0.39, 0.29) is 16.2 Å². The van der Waals surface area contributed by atoms with E-state index in [1.807, 2.05) is 0 Å². The second kappa shape index (κ2) is 13.0. The molecule has 0 spiro atoms. The van der Waals surface area contributed by atoms with Crippen molar-refractivity contribution in [2.75, 3.05) is 4.90 Å². The van der Waals surface area contributed by atoms with Crippen LogP contribution in [-0.4, -0.2) is 0 Å². The third kappa shape index (κ3) is 5.21. The van der Waals surface area contributed by atoms with Crippen molar-refractivity contribution in [2.24, 2.45) is 0 Å². The summed E-state index contributed by atoms with van der Waals surface area (Å²) in [7, 11) is 0. The number of fused-ring (bicyclic) bond motifs is 10. The summed E-state index contributed by atoms with van der Waals surface area (Å²) in [5, 5.41) is 2.49. The van der Waals surface area contributed by atoms with Crippen molar-refractivity contribution < 1.29 is 0 Å². The van der Waals surface area contributed by atoms with E-state index in [0.717, 1.165) is 11.4 Å². The highest BCUT2D eigenvalue weighted by molar-refractivity contribution is 5.99. The highest BCUT2D eigenvalue weighted by atomic mass is 15.1. The van der Waals surface area contributed by atoms with Crippen LogP contribution >= 0.6 is 0 Å². The lowest BCUT2D eigenvalue weighted by Crippen LogP contribution is -2.18. The lowest BCUT2D eigenvalue weighted by molar-refractivity contribution is 0.652. The average Bonchev–Trinajstić information content (AvgIpc) is 3.77. The maximum Gasteiger partial charge on any atom is 0.0546 e. The molecule has 12 rings (SSSR count). The Morgan fingerprint density at radius 2 is 0.726 bits per heavy atom. The van der Waals surface area contributed by atoms with Crippen molar-refractivity contribution in [1.82, 2.24) is 0 Å². The Morgan fingerprint density at radius 1 is 0.274 bits per heavy atom. The fraction of sp³-hybridized carbons (Fsp3) is 0.148. The fourth-order valence-electron chi connectivity index (χ4n) is 11.4. The van der Waals surface area contributed by atoms with Crippen LogP contribution in [0.15, 0.2) is 188 Å². The van der Waals surface area contributed by atoms with Crippen molar-refractivity contribution in [3.8, 4) is 55.6 Å². The van der Waals surface area contributed by atoms with Crippen LogP contribution in [0.2, 0.25) is 0 Å². The molecule has 3 aliphatic rings. The van der Waals surface area contributed by atoms with Gasteiger partial charge in [0.05, 0.1) is 5.69 Å². The van der Waals surface area contributed by atoms with Crippen LogP contribution in [0.3, 0.4) is 0 Å². The zero-order valence-electron chi connectivity index (χ0n) is 36.3. The van der Waals surface area contributed by atoms with E-state index in [0.29, 0.717) is 0 Å². The highest BCUT2D eigenvalue weighted by Gasteiger charge is 2.43. The van der Waals surface area contributed by atoms with Gasteiger partial charge in [-0.05, 0) is 149 Å². The van der Waals surface area contributed by atoms with E-state index in [1.54, 1.807) is 0 Å². The highest BCUT2D eigenvalue weighted by Crippen LogP contribution is 2.59. The molecular formula is C61H49N. The molecular weight excluding hydrogens is 747 g/mol. The molecule has 9 aromatic carbocycles. The lowest BCUT2D eigenvalue weighted by atomic mass is 9.79. The molecule has 3 aliphatic carbocycles. The van der Waals surface area contributed by atoms with Crippen LogP contribution in [-0.2, 0) is 16.2 Å². The zero-order chi connectivity index (χ0) is 42.1. The first-order valence-corrected chi connectivity index (χ1v) is 22.2. The van der Waals surface area contributed by atoms with E-state index in [9.17, 15) is 0 Å². The van der Waals surface area contributed by atoms with Crippen LogP contribution in [0, 0.1) is 0 Å². The Balaban J connectivity index is 1.13. The Kier molecular flexibility index (Phi) is 7.74. The first-order valence-electron chi connectivity index (χ1n) is 22.2. The summed E-state index contributed by atoms with van der Waals surface area (Å²) < 4.78 is 0. The van der Waals surface area contributed by atoms with Crippen LogP contribution in [0.4, 0.5) is 17.1 Å². The summed E-state index contributed by atoms with van der Waals surface area (Å²) in [5.74, 6) is 0. The average molecular weight is 796 g/mol. The molecule has 1 nitrogen and oxygen atoms in total. The smallest absolute Gasteiger partial charge is 0.0546 e. The maximum absolute atomic E-state index is 2.55. The van der Waals surface area contributed by atoms with Crippen molar-refractivity contribution in [1.29, 1.82) is 0 Å². The summed E-state index contributed by atoms with van der Waals surface area (Å²) in [6, 6.07) is 71.0. The van der Waals surface area contributed by atoms with Crippen LogP contribution in [0.1, 0.15) is 74.9 Å². The third-order valence-corrected chi connectivity index (χ3v) is 14.9. The molecule has 1 heteroatoms. The van der Waals surface area contributed by atoms with E-state index in [1.165, 1.54) is 105 Å². The van der Waals surface area contributed by atoms with Gasteiger partial charge >= 0.3 is 0 Å². The summed E-state index contributed by atoms with van der Waals surface area (Å²) in [6.45, 7) is 14.4. The van der Waals surface area contributed by atoms with Gasteiger partial charge in [-0.15, -0.1) is 0 Å². The molecule has 0 amide bonds. The minimum absolute atomic E-state index is 0.0942. The Bertz CT molecular complexity index is 3310. The maximum atomic E-state index is 2.55. The Morgan fingerprint density at radius 3 is 1.40 bits per heavy atom.